The summed E-state index contributed by atoms with van der Waals surface area (Å²) < 4.78 is 0. The van der Waals surface area contributed by atoms with Crippen molar-refractivity contribution < 1.29 is 30.7 Å². The predicted molar refractivity (Wildman–Crippen MR) is 69.2 cm³/mol. The largest absolute Gasteiger partial charge is 0.321 e. The number of ketones is 2. The molecule has 0 saturated heterocycles. The van der Waals surface area contributed by atoms with Gasteiger partial charge in [0.2, 0.25) is 0 Å². The van der Waals surface area contributed by atoms with Crippen molar-refractivity contribution >= 4 is 11.6 Å². The molecular formula is C15H17O2Pt-. The number of allylic oxidation sites excluding steroid dienone is 6. The minimum atomic E-state index is -1.36. The van der Waals surface area contributed by atoms with E-state index in [0.717, 1.165) is 0 Å². The van der Waals surface area contributed by atoms with Gasteiger partial charge in [-0.2, -0.15) is 0 Å². The maximum absolute atomic E-state index is 12.2. The van der Waals surface area contributed by atoms with E-state index >= 15 is 0 Å². The Balaban J connectivity index is 0.00000289. The molecule has 0 aromatic carbocycles. The van der Waals surface area contributed by atoms with E-state index in [2.05, 4.69) is 20.1 Å². The van der Waals surface area contributed by atoms with Crippen LogP contribution in [0, 0.1) is 18.3 Å². The number of hydrogen-bond donors (Lipinski definition) is 0. The molecule has 0 heterocycles. The van der Waals surface area contributed by atoms with Crippen LogP contribution < -0.4 is 0 Å². The molecule has 1 rings (SSSR count). The Morgan fingerprint density at radius 3 is 1.67 bits per heavy atom. The molecule has 3 heteroatoms. The van der Waals surface area contributed by atoms with E-state index in [-0.39, 0.29) is 38.5 Å². The van der Waals surface area contributed by atoms with Gasteiger partial charge in [0.1, 0.15) is 11.6 Å². The summed E-state index contributed by atoms with van der Waals surface area (Å²) in [6, 6.07) is 0. The third-order valence-corrected chi connectivity index (χ3v) is 2.90. The molecule has 0 amide bonds. The zero-order chi connectivity index (χ0) is 13.2. The quantitative estimate of drug-likeness (QED) is 0.387. The first kappa shape index (κ1) is 17.0. The van der Waals surface area contributed by atoms with Crippen LogP contribution in [0.3, 0.4) is 0 Å². The van der Waals surface area contributed by atoms with Crippen LogP contribution in [-0.2, 0) is 30.7 Å². The fraction of sp³-hybridized carbons (Fsp3) is 0.267. The van der Waals surface area contributed by atoms with Crippen molar-refractivity contribution in [2.24, 2.45) is 11.3 Å². The third-order valence-electron chi connectivity index (χ3n) is 2.90. The maximum atomic E-state index is 12.2. The van der Waals surface area contributed by atoms with E-state index < -0.39 is 5.41 Å². The van der Waals surface area contributed by atoms with Crippen LogP contribution in [0.4, 0.5) is 0 Å². The van der Waals surface area contributed by atoms with Gasteiger partial charge in [0.05, 0.1) is 0 Å². The van der Waals surface area contributed by atoms with Crippen LogP contribution in [0.15, 0.2) is 48.6 Å². The number of hydrogen-bond acceptors (Lipinski definition) is 2. The monoisotopic (exact) mass is 424 g/mol. The average molecular weight is 424 g/mol. The first-order valence-corrected chi connectivity index (χ1v) is 5.42. The number of Topliss-reactive ketones (excluding diaryl/α,β-unsaturated/α-hetero) is 2. The maximum Gasteiger partial charge on any atom is 0.142 e. The minimum absolute atomic E-state index is 0. The topological polar surface area (TPSA) is 34.1 Å². The van der Waals surface area contributed by atoms with Gasteiger partial charge >= 0.3 is 0 Å². The van der Waals surface area contributed by atoms with Crippen molar-refractivity contribution in [3.05, 3.63) is 55.5 Å². The van der Waals surface area contributed by atoms with Gasteiger partial charge in [-0.1, -0.05) is 37.5 Å². The fourth-order valence-electron chi connectivity index (χ4n) is 1.93. The van der Waals surface area contributed by atoms with Crippen LogP contribution >= 0.6 is 0 Å². The third kappa shape index (κ3) is 2.87. The van der Waals surface area contributed by atoms with Crippen molar-refractivity contribution in [3.63, 3.8) is 0 Å². The van der Waals surface area contributed by atoms with Crippen molar-refractivity contribution in [1.82, 2.24) is 0 Å². The molecule has 2 nitrogen and oxygen atoms in total. The number of carbonyl (C=O) groups excluding carboxylic acids is 2. The average Bonchev–Trinajstić information content (AvgIpc) is 2.79. The Morgan fingerprint density at radius 2 is 1.39 bits per heavy atom. The molecule has 0 spiro atoms. The molecule has 0 saturated carbocycles. The normalized spacial score (nSPS) is 14.2. The Hall–Kier alpha value is -1.01. The first-order valence-electron chi connectivity index (χ1n) is 5.42. The molecule has 0 radical (unpaired) electrons. The minimum Gasteiger partial charge on any atom is -0.321 e. The molecule has 0 fully saturated rings. The Bertz CT molecular complexity index is 417. The molecular weight excluding hydrogens is 407 g/mol. The van der Waals surface area contributed by atoms with E-state index in [1.165, 1.54) is 0 Å². The zero-order valence-corrected chi connectivity index (χ0v) is 12.9. The Labute approximate surface area is 123 Å². The SMILES string of the molecule is C=C(C)C(=O)C([CH2-])(C(=O)C(=C)C)C1C=CC=C1.[Pt]. The molecule has 0 bridgehead atoms. The molecule has 0 unspecified atom stereocenters. The van der Waals surface area contributed by atoms with Crippen LogP contribution in [0.1, 0.15) is 13.8 Å². The molecule has 0 aromatic heterocycles. The summed E-state index contributed by atoms with van der Waals surface area (Å²) in [4.78, 5) is 24.4. The molecule has 1 aliphatic rings. The molecule has 100 valence electrons. The van der Waals surface area contributed by atoms with Crippen molar-refractivity contribution in [3.8, 4) is 0 Å². The predicted octanol–water partition coefficient (Wildman–Crippen LogP) is 2.84. The smallest absolute Gasteiger partial charge is 0.142 e. The van der Waals surface area contributed by atoms with E-state index in [1.807, 2.05) is 12.2 Å². The van der Waals surface area contributed by atoms with Crippen LogP contribution in [0.2, 0.25) is 0 Å². The van der Waals surface area contributed by atoms with E-state index in [4.69, 9.17) is 0 Å². The fourth-order valence-corrected chi connectivity index (χ4v) is 1.93. The van der Waals surface area contributed by atoms with Crippen molar-refractivity contribution in [2.45, 2.75) is 13.8 Å². The molecule has 0 N–H and O–H groups in total. The van der Waals surface area contributed by atoms with Gasteiger partial charge in [0.25, 0.3) is 0 Å². The summed E-state index contributed by atoms with van der Waals surface area (Å²) in [6.45, 7) is 14.3. The van der Waals surface area contributed by atoms with Crippen molar-refractivity contribution in [2.75, 3.05) is 0 Å². The van der Waals surface area contributed by atoms with Gasteiger partial charge < -0.3 is 6.92 Å². The Morgan fingerprint density at radius 1 is 1.06 bits per heavy atom. The second kappa shape index (κ2) is 6.24. The number of rotatable bonds is 5. The van der Waals surface area contributed by atoms with Crippen LogP contribution in [0.25, 0.3) is 0 Å². The summed E-state index contributed by atoms with van der Waals surface area (Å²) >= 11 is 0. The van der Waals surface area contributed by atoms with E-state index in [1.54, 1.807) is 26.0 Å². The van der Waals surface area contributed by atoms with Crippen LogP contribution in [0.5, 0.6) is 0 Å². The van der Waals surface area contributed by atoms with Crippen molar-refractivity contribution in [1.29, 1.82) is 0 Å². The summed E-state index contributed by atoms with van der Waals surface area (Å²) in [5.41, 5.74) is -0.687. The summed E-state index contributed by atoms with van der Waals surface area (Å²) in [5.74, 6) is -0.978. The number of carbonyl (C=O) groups is 2. The second-order valence-electron chi connectivity index (χ2n) is 4.49. The van der Waals surface area contributed by atoms with Gasteiger partial charge in [-0.05, 0) is 36.3 Å². The Kier molecular flexibility index (Phi) is 5.89. The standard InChI is InChI=1S/C15H17O2.Pt/c1-10(2)13(16)15(5,14(17)11(3)4)12-8-6-7-9-12;/h6-9,12H,1,3,5H2,2,4H3;/q-1;. The van der Waals surface area contributed by atoms with Gasteiger partial charge in [0, 0.05) is 21.1 Å². The van der Waals surface area contributed by atoms with E-state index in [0.29, 0.717) is 11.1 Å². The molecule has 0 aromatic rings. The summed E-state index contributed by atoms with van der Waals surface area (Å²) in [5, 5.41) is 0. The zero-order valence-electron chi connectivity index (χ0n) is 10.6. The molecule has 0 atom stereocenters. The molecule has 1 aliphatic carbocycles. The van der Waals surface area contributed by atoms with E-state index in [9.17, 15) is 9.59 Å². The van der Waals surface area contributed by atoms with Gasteiger partial charge in [-0.3, -0.25) is 9.59 Å². The molecule has 0 aliphatic heterocycles. The van der Waals surface area contributed by atoms with Gasteiger partial charge in [-0.25, -0.2) is 0 Å². The second-order valence-corrected chi connectivity index (χ2v) is 4.49. The van der Waals surface area contributed by atoms with Crippen LogP contribution in [-0.4, -0.2) is 11.6 Å². The van der Waals surface area contributed by atoms with Gasteiger partial charge in [-0.15, -0.1) is 0 Å². The summed E-state index contributed by atoms with van der Waals surface area (Å²) in [7, 11) is 0. The van der Waals surface area contributed by atoms with Gasteiger partial charge in [0.15, 0.2) is 0 Å². The summed E-state index contributed by atoms with van der Waals surface area (Å²) in [6.07, 6.45) is 7.22. The first-order chi connectivity index (χ1) is 7.81. The molecule has 18 heavy (non-hydrogen) atoms.